The van der Waals surface area contributed by atoms with Crippen molar-refractivity contribution >= 4 is 18.2 Å². The molecule has 0 radical (unpaired) electrons. The second kappa shape index (κ2) is 4.98. The van der Waals surface area contributed by atoms with Crippen molar-refractivity contribution in [2.75, 3.05) is 6.54 Å². The molecule has 1 aromatic heterocycles. The minimum atomic E-state index is -0.500. The van der Waals surface area contributed by atoms with Gasteiger partial charge >= 0.3 is 5.69 Å². The summed E-state index contributed by atoms with van der Waals surface area (Å²) in [6.45, 7) is 1.20. The maximum atomic E-state index is 11.4. The third-order valence-electron chi connectivity index (χ3n) is 2.48. The number of likely N-dealkylation sites (tertiary alicyclic amines) is 1. The number of halogens is 1. The van der Waals surface area contributed by atoms with Crippen LogP contribution < -0.4 is 11.2 Å². The predicted octanol–water partition coefficient (Wildman–Crippen LogP) is 0.0581. The smallest absolute Gasteiger partial charge is 0.325 e. The monoisotopic (exact) mass is 244 g/mol. The molecule has 0 saturated carbocycles. The van der Waals surface area contributed by atoms with Crippen LogP contribution in [0.4, 0.5) is 0 Å². The van der Waals surface area contributed by atoms with E-state index in [0.29, 0.717) is 17.9 Å². The molecule has 1 fully saturated rings. The second-order valence-corrected chi connectivity index (χ2v) is 3.57. The van der Waals surface area contributed by atoms with E-state index in [1.165, 1.54) is 6.20 Å². The van der Waals surface area contributed by atoms with Gasteiger partial charge in [-0.3, -0.25) is 15.2 Å². The molecule has 1 aromatic rings. The van der Waals surface area contributed by atoms with Crippen molar-refractivity contribution in [2.24, 2.45) is 0 Å². The highest BCUT2D eigenvalue weighted by atomic mass is 35.5. The molecule has 0 bridgehead atoms. The zero-order valence-corrected chi connectivity index (χ0v) is 9.39. The van der Waals surface area contributed by atoms with Gasteiger partial charge in [0.05, 0.1) is 17.9 Å². The molecule has 0 atom stereocenters. The van der Waals surface area contributed by atoms with Gasteiger partial charge in [0.2, 0.25) is 0 Å². The lowest BCUT2D eigenvalue weighted by Crippen LogP contribution is -2.30. The summed E-state index contributed by atoms with van der Waals surface area (Å²) in [6.07, 6.45) is 3.13. The molecule has 0 aromatic carbocycles. The summed E-state index contributed by atoms with van der Waals surface area (Å²) >= 11 is 0. The number of amidine groups is 1. The zero-order valence-electron chi connectivity index (χ0n) is 8.58. The van der Waals surface area contributed by atoms with Crippen molar-refractivity contribution in [3.63, 3.8) is 0 Å². The fraction of sp³-hybridized carbons (Fsp3) is 0.444. The molecule has 7 heteroatoms. The molecule has 1 aliphatic rings. The molecular weight excluding hydrogens is 232 g/mol. The average molecular weight is 245 g/mol. The lowest BCUT2D eigenvalue weighted by Gasteiger charge is -2.16. The number of hydrogen-bond donors (Lipinski definition) is 3. The van der Waals surface area contributed by atoms with Crippen LogP contribution in [0.5, 0.6) is 0 Å². The van der Waals surface area contributed by atoms with E-state index in [1.807, 2.05) is 4.90 Å². The molecule has 2 rings (SSSR count). The number of rotatable bonds is 2. The van der Waals surface area contributed by atoms with Gasteiger partial charge in [-0.15, -0.1) is 12.4 Å². The van der Waals surface area contributed by atoms with E-state index in [1.54, 1.807) is 0 Å². The summed E-state index contributed by atoms with van der Waals surface area (Å²) in [5.41, 5.74) is -0.389. The highest BCUT2D eigenvalue weighted by molar-refractivity contribution is 5.85. The molecule has 6 nitrogen and oxygen atoms in total. The Hall–Kier alpha value is -1.56. The second-order valence-electron chi connectivity index (χ2n) is 3.57. The number of hydrogen-bond acceptors (Lipinski definition) is 3. The van der Waals surface area contributed by atoms with Crippen molar-refractivity contribution in [2.45, 2.75) is 19.4 Å². The molecule has 0 spiro atoms. The summed E-state index contributed by atoms with van der Waals surface area (Å²) in [4.78, 5) is 28.6. The van der Waals surface area contributed by atoms with Crippen LogP contribution in [-0.4, -0.2) is 27.2 Å². The van der Waals surface area contributed by atoms with Crippen molar-refractivity contribution in [3.05, 3.63) is 32.6 Å². The van der Waals surface area contributed by atoms with Gasteiger partial charge in [-0.05, 0) is 6.42 Å². The SMILES string of the molecule is Cl.N=C1CCCN1Cc1c[nH]c(=O)[nH]c1=O. The summed E-state index contributed by atoms with van der Waals surface area (Å²) in [5.74, 6) is 0.556. The molecule has 0 amide bonds. The molecule has 1 aliphatic heterocycles. The van der Waals surface area contributed by atoms with E-state index in [2.05, 4.69) is 9.97 Å². The summed E-state index contributed by atoms with van der Waals surface area (Å²) < 4.78 is 0. The maximum Gasteiger partial charge on any atom is 0.325 e. The van der Waals surface area contributed by atoms with Crippen molar-refractivity contribution in [1.82, 2.24) is 14.9 Å². The molecule has 3 N–H and O–H groups in total. The highest BCUT2D eigenvalue weighted by Crippen LogP contribution is 2.11. The fourth-order valence-corrected chi connectivity index (χ4v) is 1.67. The van der Waals surface area contributed by atoms with Gasteiger partial charge in [0.25, 0.3) is 5.56 Å². The predicted molar refractivity (Wildman–Crippen MR) is 62.3 cm³/mol. The van der Waals surface area contributed by atoms with Crippen LogP contribution in [0, 0.1) is 5.41 Å². The van der Waals surface area contributed by atoms with Crippen LogP contribution in [0.2, 0.25) is 0 Å². The molecule has 1 saturated heterocycles. The van der Waals surface area contributed by atoms with Crippen molar-refractivity contribution < 1.29 is 0 Å². The number of nitrogens with one attached hydrogen (secondary N) is 3. The van der Waals surface area contributed by atoms with Crippen LogP contribution in [0.25, 0.3) is 0 Å². The fourth-order valence-electron chi connectivity index (χ4n) is 1.67. The molecule has 0 aliphatic carbocycles. The molecule has 88 valence electrons. The van der Waals surface area contributed by atoms with E-state index >= 15 is 0 Å². The first-order valence-corrected chi connectivity index (χ1v) is 4.80. The van der Waals surface area contributed by atoms with Gasteiger partial charge in [-0.1, -0.05) is 0 Å². The quantitative estimate of drug-likeness (QED) is 0.687. The summed E-state index contributed by atoms with van der Waals surface area (Å²) in [5, 5.41) is 7.61. The number of nitrogens with zero attached hydrogens (tertiary/aromatic N) is 1. The molecular formula is C9H13ClN4O2. The van der Waals surface area contributed by atoms with Crippen LogP contribution >= 0.6 is 12.4 Å². The number of aromatic amines is 2. The van der Waals surface area contributed by atoms with Crippen LogP contribution in [0.1, 0.15) is 18.4 Å². The van der Waals surface area contributed by atoms with Crippen LogP contribution in [0.3, 0.4) is 0 Å². The standard InChI is InChI=1S/C9H12N4O2.ClH/c10-7-2-1-3-13(7)5-6-4-11-9(15)12-8(6)14;/h4,10H,1-3,5H2,(H2,11,12,14,15);1H. The van der Waals surface area contributed by atoms with Crippen molar-refractivity contribution in [1.29, 1.82) is 5.41 Å². The number of H-pyrrole nitrogens is 2. The van der Waals surface area contributed by atoms with Gasteiger partial charge in [0.15, 0.2) is 0 Å². The van der Waals surface area contributed by atoms with Crippen LogP contribution in [-0.2, 0) is 6.54 Å². The topological polar surface area (TPSA) is 92.8 Å². The average Bonchev–Trinajstić information content (AvgIpc) is 2.57. The zero-order chi connectivity index (χ0) is 10.8. The van der Waals surface area contributed by atoms with Crippen LogP contribution in [0.15, 0.2) is 15.8 Å². The van der Waals surface area contributed by atoms with Gasteiger partial charge in [-0.25, -0.2) is 4.79 Å². The third-order valence-corrected chi connectivity index (χ3v) is 2.48. The molecule has 0 unspecified atom stereocenters. The lowest BCUT2D eigenvalue weighted by atomic mass is 10.3. The Labute approximate surface area is 97.6 Å². The van der Waals surface area contributed by atoms with E-state index in [9.17, 15) is 9.59 Å². The van der Waals surface area contributed by atoms with E-state index in [-0.39, 0.29) is 18.0 Å². The number of aromatic nitrogens is 2. The summed E-state index contributed by atoms with van der Waals surface area (Å²) in [7, 11) is 0. The third kappa shape index (κ3) is 2.52. The Morgan fingerprint density at radius 1 is 1.44 bits per heavy atom. The Morgan fingerprint density at radius 2 is 2.19 bits per heavy atom. The molecule has 16 heavy (non-hydrogen) atoms. The Bertz CT molecular complexity index is 493. The Morgan fingerprint density at radius 3 is 2.75 bits per heavy atom. The first kappa shape index (κ1) is 12.5. The van der Waals surface area contributed by atoms with E-state index < -0.39 is 5.69 Å². The van der Waals surface area contributed by atoms with E-state index in [4.69, 9.17) is 5.41 Å². The minimum absolute atomic E-state index is 0. The largest absolute Gasteiger partial charge is 0.356 e. The maximum absolute atomic E-state index is 11.4. The normalized spacial score (nSPS) is 15.0. The molecule has 2 heterocycles. The van der Waals surface area contributed by atoms with Gasteiger partial charge in [0.1, 0.15) is 0 Å². The lowest BCUT2D eigenvalue weighted by molar-refractivity contribution is 0.442. The highest BCUT2D eigenvalue weighted by Gasteiger charge is 2.17. The minimum Gasteiger partial charge on any atom is -0.356 e. The first-order chi connectivity index (χ1) is 7.16. The Kier molecular flexibility index (Phi) is 3.89. The van der Waals surface area contributed by atoms with Gasteiger partial charge in [-0.2, -0.15) is 0 Å². The Balaban J connectivity index is 0.00000128. The van der Waals surface area contributed by atoms with Gasteiger partial charge < -0.3 is 9.88 Å². The first-order valence-electron chi connectivity index (χ1n) is 4.80. The summed E-state index contributed by atoms with van der Waals surface area (Å²) in [6, 6.07) is 0. The van der Waals surface area contributed by atoms with E-state index in [0.717, 1.165) is 19.4 Å². The van der Waals surface area contributed by atoms with Crippen molar-refractivity contribution in [3.8, 4) is 0 Å². The van der Waals surface area contributed by atoms with Gasteiger partial charge in [0, 0.05) is 19.2 Å².